The molecule has 3 aromatic carbocycles. The van der Waals surface area contributed by atoms with Crippen molar-refractivity contribution in [2.75, 3.05) is 17.2 Å². The Morgan fingerprint density at radius 2 is 1.71 bits per heavy atom. The first kappa shape index (κ1) is 31.6. The van der Waals surface area contributed by atoms with Crippen molar-refractivity contribution in [3.63, 3.8) is 0 Å². The number of carbonyl (C=O) groups excluding carboxylic acids is 1. The van der Waals surface area contributed by atoms with Crippen molar-refractivity contribution >= 4 is 49.0 Å². The van der Waals surface area contributed by atoms with Crippen LogP contribution in [0.2, 0.25) is 0 Å². The van der Waals surface area contributed by atoms with Gasteiger partial charge < -0.3 is 20.1 Å². The molecule has 8 nitrogen and oxygen atoms in total. The monoisotopic (exact) mass is 656 g/mol. The number of rotatable bonds is 11. The molecule has 1 amide bonds. The Hall–Kier alpha value is -3.37. The van der Waals surface area contributed by atoms with Crippen LogP contribution in [0.1, 0.15) is 58.1 Å². The maximum Gasteiger partial charge on any atom is 0.330 e. The predicted octanol–water partition coefficient (Wildman–Crippen LogP) is 6.67. The van der Waals surface area contributed by atoms with Crippen molar-refractivity contribution in [2.24, 2.45) is 5.41 Å². The molecule has 0 aromatic heterocycles. The fourth-order valence-electron chi connectivity index (χ4n) is 5.39. The molecule has 0 aliphatic carbocycles. The topological polar surface area (TPSA) is 113 Å². The average molecular weight is 658 g/mol. The van der Waals surface area contributed by atoms with Gasteiger partial charge >= 0.3 is 5.97 Å². The number of aliphatic carboxylic acids is 1. The van der Waals surface area contributed by atoms with E-state index in [0.29, 0.717) is 28.7 Å². The molecule has 1 aliphatic rings. The molecule has 1 heterocycles. The molecule has 224 valence electrons. The number of halogens is 1. The lowest BCUT2D eigenvalue weighted by molar-refractivity contribution is -0.143. The zero-order valence-corrected chi connectivity index (χ0v) is 26.4. The van der Waals surface area contributed by atoms with Gasteiger partial charge in [-0.3, -0.25) is 4.79 Å². The third-order valence-electron chi connectivity index (χ3n) is 7.85. The molecule has 0 radical (unpaired) electrons. The van der Waals surface area contributed by atoms with Crippen molar-refractivity contribution in [3.8, 4) is 5.75 Å². The second kappa shape index (κ2) is 13.3. The number of sulfone groups is 1. The number of carboxylic acid groups (broad SMARTS) is 1. The fraction of sp³-hybridized carbons (Fsp3) is 0.375. The van der Waals surface area contributed by atoms with Gasteiger partial charge in [-0.25, -0.2) is 13.2 Å². The number of nitrogens with one attached hydrogen (secondary N) is 1. The number of fused-ring (bicyclic) bond motifs is 1. The highest BCUT2D eigenvalue weighted by Crippen LogP contribution is 2.47. The molecule has 0 spiro atoms. The van der Waals surface area contributed by atoms with Gasteiger partial charge in [0.05, 0.1) is 20.8 Å². The quantitative estimate of drug-likeness (QED) is 0.237. The van der Waals surface area contributed by atoms with Crippen molar-refractivity contribution in [3.05, 3.63) is 82.8 Å². The summed E-state index contributed by atoms with van der Waals surface area (Å²) in [6, 6.07) is 20.1. The lowest BCUT2D eigenvalue weighted by Gasteiger charge is -2.36. The Labute approximate surface area is 256 Å². The molecule has 10 heteroatoms. The van der Waals surface area contributed by atoms with Crippen LogP contribution in [-0.4, -0.2) is 43.8 Å². The number of carbonyl (C=O) groups is 2. The van der Waals surface area contributed by atoms with Crippen molar-refractivity contribution in [1.29, 1.82) is 0 Å². The molecule has 0 bridgehead atoms. The SMILES string of the molecule is CCCCC1(CC)CN(c2ccccc2)c2cc(Br)c(OC(C)C(=O)NC(C(=O)O)c3ccccc3)cc2S(=O)(=O)C1. The van der Waals surface area contributed by atoms with Crippen LogP contribution in [0, 0.1) is 5.41 Å². The van der Waals surface area contributed by atoms with E-state index in [4.69, 9.17) is 4.74 Å². The van der Waals surface area contributed by atoms with Crippen LogP contribution in [0.4, 0.5) is 11.4 Å². The van der Waals surface area contributed by atoms with Crippen LogP contribution in [0.15, 0.2) is 82.2 Å². The first-order valence-electron chi connectivity index (χ1n) is 14.1. The van der Waals surface area contributed by atoms with E-state index in [1.54, 1.807) is 36.4 Å². The predicted molar refractivity (Wildman–Crippen MR) is 167 cm³/mol. The van der Waals surface area contributed by atoms with Crippen LogP contribution in [0.5, 0.6) is 5.75 Å². The van der Waals surface area contributed by atoms with Gasteiger partial charge in [-0.2, -0.15) is 0 Å². The van der Waals surface area contributed by atoms with E-state index in [9.17, 15) is 23.1 Å². The summed E-state index contributed by atoms with van der Waals surface area (Å²) in [5.41, 5.74) is 1.40. The van der Waals surface area contributed by atoms with E-state index >= 15 is 0 Å². The highest BCUT2D eigenvalue weighted by Gasteiger charge is 2.42. The van der Waals surface area contributed by atoms with Gasteiger partial charge in [-0.1, -0.05) is 75.2 Å². The van der Waals surface area contributed by atoms with E-state index in [2.05, 4.69) is 40.0 Å². The van der Waals surface area contributed by atoms with Crippen molar-refractivity contribution in [2.45, 2.75) is 63.5 Å². The van der Waals surface area contributed by atoms with Crippen LogP contribution in [0.25, 0.3) is 0 Å². The van der Waals surface area contributed by atoms with Crippen LogP contribution >= 0.6 is 15.9 Å². The second-order valence-electron chi connectivity index (χ2n) is 10.8. The summed E-state index contributed by atoms with van der Waals surface area (Å²) in [6.45, 7) is 6.19. The summed E-state index contributed by atoms with van der Waals surface area (Å²) in [7, 11) is -3.75. The molecule has 0 saturated heterocycles. The zero-order valence-electron chi connectivity index (χ0n) is 24.0. The van der Waals surface area contributed by atoms with Gasteiger partial charge in [0.2, 0.25) is 0 Å². The van der Waals surface area contributed by atoms with E-state index in [0.717, 1.165) is 24.9 Å². The first-order valence-corrected chi connectivity index (χ1v) is 16.6. The third-order valence-corrected chi connectivity index (χ3v) is 10.5. The van der Waals surface area contributed by atoms with E-state index in [1.165, 1.54) is 13.0 Å². The summed E-state index contributed by atoms with van der Waals surface area (Å²) < 4.78 is 34.5. The van der Waals surface area contributed by atoms with Crippen molar-refractivity contribution in [1.82, 2.24) is 5.32 Å². The molecule has 0 saturated carbocycles. The second-order valence-corrected chi connectivity index (χ2v) is 13.7. The van der Waals surface area contributed by atoms with Gasteiger partial charge in [0.25, 0.3) is 5.91 Å². The largest absolute Gasteiger partial charge is 0.480 e. The number of para-hydroxylation sites is 1. The zero-order chi connectivity index (χ0) is 30.5. The number of hydrogen-bond acceptors (Lipinski definition) is 6. The number of carboxylic acids is 1. The minimum atomic E-state index is -3.75. The first-order chi connectivity index (χ1) is 20.0. The summed E-state index contributed by atoms with van der Waals surface area (Å²) in [5.74, 6) is -1.67. The molecule has 42 heavy (non-hydrogen) atoms. The van der Waals surface area contributed by atoms with Crippen LogP contribution in [-0.2, 0) is 19.4 Å². The molecular weight excluding hydrogens is 620 g/mol. The fourth-order valence-corrected chi connectivity index (χ4v) is 7.99. The standard InChI is InChI=1S/C32H37BrN2O6S/c1-4-6-17-32(5-2)20-35(24-15-11-8-12-16-24)26-18-25(33)27(19-28(26)42(39,40)21-32)41-22(3)30(36)34-29(31(37)38)23-13-9-7-10-14-23/h7-16,18-19,22,29H,4-6,17,20-21H2,1-3H3,(H,34,36)(H,37,38). The molecular formula is C32H37BrN2O6S. The molecule has 3 unspecified atom stereocenters. The summed E-state index contributed by atoms with van der Waals surface area (Å²) in [4.78, 5) is 27.1. The summed E-state index contributed by atoms with van der Waals surface area (Å²) >= 11 is 3.54. The molecule has 3 aromatic rings. The third kappa shape index (κ3) is 6.98. The van der Waals surface area contributed by atoms with Gasteiger partial charge in [0.1, 0.15) is 5.75 Å². The highest BCUT2D eigenvalue weighted by atomic mass is 79.9. The number of hydrogen-bond donors (Lipinski definition) is 2. The Bertz CT molecular complexity index is 1520. The minimum absolute atomic E-state index is 0.00130. The number of amides is 1. The lowest BCUT2D eigenvalue weighted by Crippen LogP contribution is -2.41. The van der Waals surface area contributed by atoms with Crippen LogP contribution in [0.3, 0.4) is 0 Å². The van der Waals surface area contributed by atoms with E-state index in [-0.39, 0.29) is 16.4 Å². The molecule has 3 atom stereocenters. The number of anilines is 2. The Kier molecular flexibility index (Phi) is 9.99. The summed E-state index contributed by atoms with van der Waals surface area (Å²) in [5, 5.41) is 12.2. The molecule has 1 aliphatic heterocycles. The highest BCUT2D eigenvalue weighted by molar-refractivity contribution is 9.10. The number of nitrogens with zero attached hydrogens (tertiary/aromatic N) is 1. The smallest absolute Gasteiger partial charge is 0.330 e. The Balaban J connectivity index is 1.70. The Morgan fingerprint density at radius 1 is 1.07 bits per heavy atom. The van der Waals surface area contributed by atoms with E-state index in [1.807, 2.05) is 30.3 Å². The maximum atomic E-state index is 14.0. The van der Waals surface area contributed by atoms with Gasteiger partial charge in [-0.05, 0) is 59.5 Å². The minimum Gasteiger partial charge on any atom is -0.480 e. The normalized spacial score (nSPS) is 19.2. The molecule has 2 N–H and O–H groups in total. The van der Waals surface area contributed by atoms with Crippen molar-refractivity contribution < 1.29 is 27.9 Å². The number of benzene rings is 3. The average Bonchev–Trinajstić information content (AvgIpc) is 3.07. The molecule has 0 fully saturated rings. The lowest BCUT2D eigenvalue weighted by atomic mass is 9.81. The number of ether oxygens (including phenoxy) is 1. The maximum absolute atomic E-state index is 14.0. The van der Waals surface area contributed by atoms with Gasteiger partial charge in [-0.15, -0.1) is 0 Å². The Morgan fingerprint density at radius 3 is 2.31 bits per heavy atom. The van der Waals surface area contributed by atoms with Gasteiger partial charge in [0, 0.05) is 23.7 Å². The number of unbranched alkanes of at least 4 members (excludes halogenated alkanes) is 1. The summed E-state index contributed by atoms with van der Waals surface area (Å²) in [6.07, 6.45) is 2.27. The van der Waals surface area contributed by atoms with Crippen LogP contribution < -0.4 is 15.0 Å². The molecule has 4 rings (SSSR count). The van der Waals surface area contributed by atoms with Gasteiger partial charge in [0.15, 0.2) is 22.0 Å². The van der Waals surface area contributed by atoms with E-state index < -0.39 is 39.3 Å².